The minimum Gasteiger partial charge on any atom is -0.350 e. The van der Waals surface area contributed by atoms with Gasteiger partial charge in [0.25, 0.3) is 5.91 Å². The SMILES string of the molecule is [2H]C([2H])([2H])[C@H](CCCCCCC)NC(=O)c1ccccc1. The van der Waals surface area contributed by atoms with Crippen LogP contribution >= 0.6 is 0 Å². The highest BCUT2D eigenvalue weighted by Gasteiger charge is 2.08. The molecule has 0 aromatic heterocycles. The van der Waals surface area contributed by atoms with Crippen LogP contribution < -0.4 is 5.32 Å². The molecule has 0 heterocycles. The maximum Gasteiger partial charge on any atom is 0.251 e. The van der Waals surface area contributed by atoms with Crippen LogP contribution in [0.1, 0.15) is 66.8 Å². The van der Waals surface area contributed by atoms with Crippen LogP contribution in [-0.2, 0) is 0 Å². The summed E-state index contributed by atoms with van der Waals surface area (Å²) in [6.07, 6.45) is 5.80. The van der Waals surface area contributed by atoms with Crippen LogP contribution in [0.5, 0.6) is 0 Å². The quantitative estimate of drug-likeness (QED) is 0.689. The second kappa shape index (κ2) is 8.73. The summed E-state index contributed by atoms with van der Waals surface area (Å²) >= 11 is 0. The van der Waals surface area contributed by atoms with Crippen LogP contribution in [0.2, 0.25) is 0 Å². The number of unbranched alkanes of at least 4 members (excludes halogenated alkanes) is 4. The molecule has 100 valence electrons. The Kier molecular flexibility index (Phi) is 5.14. The lowest BCUT2D eigenvalue weighted by atomic mass is 10.1. The van der Waals surface area contributed by atoms with Crippen molar-refractivity contribution in [2.45, 2.75) is 58.3 Å². The fourth-order valence-corrected chi connectivity index (χ4v) is 1.86. The Balaban J connectivity index is 2.52. The Hall–Kier alpha value is -1.31. The van der Waals surface area contributed by atoms with Crippen molar-refractivity contribution in [2.75, 3.05) is 0 Å². The summed E-state index contributed by atoms with van der Waals surface area (Å²) in [4.78, 5) is 12.1. The van der Waals surface area contributed by atoms with Gasteiger partial charge in [-0.2, -0.15) is 0 Å². The lowest BCUT2D eigenvalue weighted by molar-refractivity contribution is 0.0938. The first kappa shape index (κ1) is 10.6. The molecule has 1 aromatic carbocycles. The first-order chi connectivity index (χ1) is 9.95. The number of carbonyl (C=O) groups excluding carboxylic acids is 1. The van der Waals surface area contributed by atoms with Crippen LogP contribution in [0.15, 0.2) is 30.3 Å². The first-order valence-electron chi connectivity index (χ1n) is 8.31. The largest absolute Gasteiger partial charge is 0.350 e. The maximum atomic E-state index is 12.1. The molecule has 0 aliphatic heterocycles. The number of benzene rings is 1. The van der Waals surface area contributed by atoms with Gasteiger partial charge in [0.15, 0.2) is 0 Å². The van der Waals surface area contributed by atoms with Crippen LogP contribution in [0.4, 0.5) is 0 Å². The fourth-order valence-electron chi connectivity index (χ4n) is 1.86. The number of nitrogens with one attached hydrogen (secondary N) is 1. The summed E-state index contributed by atoms with van der Waals surface area (Å²) in [6, 6.07) is 7.96. The highest BCUT2D eigenvalue weighted by atomic mass is 16.1. The summed E-state index contributed by atoms with van der Waals surface area (Å²) in [5.74, 6) is -0.315. The summed E-state index contributed by atoms with van der Waals surface area (Å²) < 4.78 is 22.7. The maximum absolute atomic E-state index is 12.1. The lowest BCUT2D eigenvalue weighted by Gasteiger charge is -2.13. The van der Waals surface area contributed by atoms with Gasteiger partial charge in [-0.3, -0.25) is 4.79 Å². The second-order valence-corrected chi connectivity index (χ2v) is 4.59. The molecule has 0 fully saturated rings. The normalized spacial score (nSPS) is 15.3. The Morgan fingerprint density at radius 1 is 1.22 bits per heavy atom. The number of hydrogen-bond donors (Lipinski definition) is 1. The van der Waals surface area contributed by atoms with Gasteiger partial charge in [-0.25, -0.2) is 0 Å². The molecule has 0 unspecified atom stereocenters. The van der Waals surface area contributed by atoms with E-state index < -0.39 is 12.9 Å². The molecule has 2 heteroatoms. The highest BCUT2D eigenvalue weighted by Crippen LogP contribution is 2.08. The number of amides is 1. The van der Waals surface area contributed by atoms with E-state index in [9.17, 15) is 4.79 Å². The molecular weight excluding hydrogens is 222 g/mol. The van der Waals surface area contributed by atoms with E-state index in [1.54, 1.807) is 24.3 Å². The summed E-state index contributed by atoms with van der Waals surface area (Å²) in [6.45, 7) is -0.0134. The predicted octanol–water partition coefficient (Wildman–Crippen LogP) is 4.17. The van der Waals surface area contributed by atoms with E-state index >= 15 is 0 Å². The first-order valence-corrected chi connectivity index (χ1v) is 6.81. The topological polar surface area (TPSA) is 29.1 Å². The lowest BCUT2D eigenvalue weighted by Crippen LogP contribution is -2.32. The van der Waals surface area contributed by atoms with Gasteiger partial charge in [0.2, 0.25) is 0 Å². The molecule has 1 aromatic rings. The molecule has 1 rings (SSSR count). The zero-order valence-electron chi connectivity index (χ0n) is 14.1. The molecule has 0 aliphatic rings. The fraction of sp³-hybridized carbons (Fsp3) is 0.562. The summed E-state index contributed by atoms with van der Waals surface area (Å²) in [5.41, 5.74) is 0.498. The molecule has 0 aliphatic carbocycles. The monoisotopic (exact) mass is 250 g/mol. The van der Waals surface area contributed by atoms with Crippen LogP contribution in [-0.4, -0.2) is 11.9 Å². The molecule has 1 atom stereocenters. The Labute approximate surface area is 115 Å². The van der Waals surface area contributed by atoms with Gasteiger partial charge in [-0.05, 0) is 25.4 Å². The number of rotatable bonds is 8. The third kappa shape index (κ3) is 5.85. The van der Waals surface area contributed by atoms with Gasteiger partial charge in [0, 0.05) is 15.7 Å². The third-order valence-electron chi connectivity index (χ3n) is 2.94. The van der Waals surface area contributed by atoms with Gasteiger partial charge >= 0.3 is 0 Å². The zero-order chi connectivity index (χ0) is 15.7. The van der Waals surface area contributed by atoms with Gasteiger partial charge < -0.3 is 5.32 Å². The van der Waals surface area contributed by atoms with Crippen molar-refractivity contribution in [3.63, 3.8) is 0 Å². The van der Waals surface area contributed by atoms with Gasteiger partial charge in [0.05, 0.1) is 0 Å². The van der Waals surface area contributed by atoms with Crippen molar-refractivity contribution >= 4 is 5.91 Å². The molecule has 1 amide bonds. The molecule has 0 spiro atoms. The molecule has 0 radical (unpaired) electrons. The van der Waals surface area contributed by atoms with E-state index in [-0.39, 0.29) is 5.91 Å². The minimum absolute atomic E-state index is 0.315. The van der Waals surface area contributed by atoms with Crippen LogP contribution in [0.25, 0.3) is 0 Å². The summed E-state index contributed by atoms with van der Waals surface area (Å²) in [5, 5.41) is 2.66. The van der Waals surface area contributed by atoms with E-state index in [4.69, 9.17) is 4.11 Å². The van der Waals surface area contributed by atoms with E-state index in [1.807, 2.05) is 6.07 Å². The number of hydrogen-bond acceptors (Lipinski definition) is 1. The Morgan fingerprint density at radius 2 is 1.94 bits per heavy atom. The number of carbonyl (C=O) groups is 1. The Morgan fingerprint density at radius 3 is 2.61 bits per heavy atom. The predicted molar refractivity (Wildman–Crippen MR) is 76.7 cm³/mol. The van der Waals surface area contributed by atoms with Gasteiger partial charge in [-0.15, -0.1) is 0 Å². The van der Waals surface area contributed by atoms with Crippen molar-refractivity contribution in [1.82, 2.24) is 5.32 Å². The average Bonchev–Trinajstić information content (AvgIpc) is 2.45. The van der Waals surface area contributed by atoms with Crippen molar-refractivity contribution in [3.05, 3.63) is 35.9 Å². The van der Waals surface area contributed by atoms with E-state index in [0.717, 1.165) is 25.7 Å². The summed E-state index contributed by atoms with van der Waals surface area (Å²) in [7, 11) is 0. The molecule has 0 bridgehead atoms. The van der Waals surface area contributed by atoms with E-state index in [2.05, 4.69) is 12.2 Å². The molecule has 1 N–H and O–H groups in total. The third-order valence-corrected chi connectivity index (χ3v) is 2.94. The second-order valence-electron chi connectivity index (χ2n) is 4.59. The molecule has 0 saturated carbocycles. The molecule has 0 saturated heterocycles. The molecule has 18 heavy (non-hydrogen) atoms. The highest BCUT2D eigenvalue weighted by molar-refractivity contribution is 5.94. The average molecular weight is 250 g/mol. The van der Waals surface area contributed by atoms with Crippen molar-refractivity contribution in [1.29, 1.82) is 0 Å². The molecule has 2 nitrogen and oxygen atoms in total. The Bertz CT molecular complexity index is 417. The van der Waals surface area contributed by atoms with Crippen molar-refractivity contribution in [3.8, 4) is 0 Å². The smallest absolute Gasteiger partial charge is 0.251 e. The van der Waals surface area contributed by atoms with Gasteiger partial charge in [-0.1, -0.05) is 57.2 Å². The van der Waals surface area contributed by atoms with Crippen molar-refractivity contribution < 1.29 is 8.91 Å². The van der Waals surface area contributed by atoms with E-state index in [0.29, 0.717) is 12.0 Å². The standard InChI is InChI=1S/C16H25NO/c1-3-4-5-6-8-11-14(2)17-16(18)15-12-9-7-10-13-15/h7,9-10,12-14H,3-6,8,11H2,1-2H3,(H,17,18)/t14-/m1/s1/i2D3. The van der Waals surface area contributed by atoms with Crippen LogP contribution in [0.3, 0.4) is 0 Å². The molecular formula is C16H25NO. The van der Waals surface area contributed by atoms with Crippen molar-refractivity contribution in [2.24, 2.45) is 0 Å². The minimum atomic E-state index is -2.16. The van der Waals surface area contributed by atoms with Gasteiger partial charge in [0.1, 0.15) is 0 Å². The van der Waals surface area contributed by atoms with E-state index in [1.165, 1.54) is 6.42 Å². The van der Waals surface area contributed by atoms with Crippen LogP contribution in [0, 0.1) is 0 Å². The zero-order valence-corrected chi connectivity index (χ0v) is 11.1.